The molecule has 1 aliphatic heterocycles. The van der Waals surface area contributed by atoms with E-state index < -0.39 is 0 Å². The Morgan fingerprint density at radius 1 is 1.46 bits per heavy atom. The predicted molar refractivity (Wildman–Crippen MR) is 51.2 cm³/mol. The molecule has 1 saturated carbocycles. The molecule has 0 bridgehead atoms. The standard InChI is InChI=1S/C10H18N2O/c1-10(2)6-12(9(11)13)8-5-3-4-7(8)10/h7-8H,3-6H2,1-2H3,(H2,11,13)/t7-,8+/m0/s1. The van der Waals surface area contributed by atoms with Gasteiger partial charge >= 0.3 is 6.03 Å². The highest BCUT2D eigenvalue weighted by Crippen LogP contribution is 2.48. The van der Waals surface area contributed by atoms with Gasteiger partial charge in [0.15, 0.2) is 0 Å². The predicted octanol–water partition coefficient (Wildman–Crippen LogP) is 1.58. The van der Waals surface area contributed by atoms with Gasteiger partial charge in [-0.2, -0.15) is 0 Å². The summed E-state index contributed by atoms with van der Waals surface area (Å²) in [5.41, 5.74) is 5.64. The van der Waals surface area contributed by atoms with Gasteiger partial charge in [-0.15, -0.1) is 0 Å². The number of hydrogen-bond acceptors (Lipinski definition) is 1. The van der Waals surface area contributed by atoms with Gasteiger partial charge < -0.3 is 10.6 Å². The summed E-state index contributed by atoms with van der Waals surface area (Å²) in [6.07, 6.45) is 3.67. The quantitative estimate of drug-likeness (QED) is 0.607. The number of amides is 2. The van der Waals surface area contributed by atoms with E-state index in [0.29, 0.717) is 12.0 Å². The summed E-state index contributed by atoms with van der Waals surface area (Å²) in [5.74, 6) is 0.681. The third-order valence-corrected chi connectivity index (χ3v) is 3.74. The molecule has 2 amide bonds. The van der Waals surface area contributed by atoms with Gasteiger partial charge in [0, 0.05) is 12.6 Å². The zero-order valence-electron chi connectivity index (χ0n) is 8.42. The topological polar surface area (TPSA) is 46.3 Å². The minimum Gasteiger partial charge on any atom is -0.351 e. The van der Waals surface area contributed by atoms with Gasteiger partial charge in [-0.3, -0.25) is 0 Å². The van der Waals surface area contributed by atoms with Crippen LogP contribution in [-0.2, 0) is 0 Å². The number of hydrogen-bond donors (Lipinski definition) is 1. The molecule has 3 nitrogen and oxygen atoms in total. The third kappa shape index (κ3) is 1.21. The van der Waals surface area contributed by atoms with Crippen molar-refractivity contribution < 1.29 is 4.79 Å². The zero-order valence-corrected chi connectivity index (χ0v) is 8.42. The van der Waals surface area contributed by atoms with Crippen molar-refractivity contribution in [2.75, 3.05) is 6.54 Å². The molecule has 0 spiro atoms. The van der Waals surface area contributed by atoms with Crippen molar-refractivity contribution in [2.24, 2.45) is 17.1 Å². The Hall–Kier alpha value is -0.730. The Kier molecular flexibility index (Phi) is 1.79. The molecule has 2 atom stereocenters. The molecule has 0 aromatic rings. The maximum Gasteiger partial charge on any atom is 0.315 e. The molecule has 1 saturated heterocycles. The molecule has 74 valence electrons. The van der Waals surface area contributed by atoms with Crippen molar-refractivity contribution in [3.63, 3.8) is 0 Å². The van der Waals surface area contributed by atoms with Crippen molar-refractivity contribution >= 4 is 6.03 Å². The van der Waals surface area contributed by atoms with E-state index in [1.165, 1.54) is 12.8 Å². The van der Waals surface area contributed by atoms with Crippen molar-refractivity contribution in [1.82, 2.24) is 4.90 Å². The fourth-order valence-electron chi connectivity index (χ4n) is 3.14. The molecule has 2 fully saturated rings. The highest BCUT2D eigenvalue weighted by atomic mass is 16.2. The first-order valence-corrected chi connectivity index (χ1v) is 5.08. The van der Waals surface area contributed by atoms with Crippen LogP contribution in [0.1, 0.15) is 33.1 Å². The third-order valence-electron chi connectivity index (χ3n) is 3.74. The minimum absolute atomic E-state index is 0.234. The van der Waals surface area contributed by atoms with Crippen LogP contribution in [0.2, 0.25) is 0 Å². The van der Waals surface area contributed by atoms with Crippen molar-refractivity contribution in [3.05, 3.63) is 0 Å². The summed E-state index contributed by atoms with van der Waals surface area (Å²) in [7, 11) is 0. The Morgan fingerprint density at radius 2 is 2.15 bits per heavy atom. The van der Waals surface area contributed by atoms with Crippen molar-refractivity contribution in [3.8, 4) is 0 Å². The van der Waals surface area contributed by atoms with Crippen LogP contribution in [0.3, 0.4) is 0 Å². The zero-order chi connectivity index (χ0) is 9.64. The first-order chi connectivity index (χ1) is 6.02. The average molecular weight is 182 g/mol. The number of nitrogens with zero attached hydrogens (tertiary/aromatic N) is 1. The highest BCUT2D eigenvalue weighted by molar-refractivity contribution is 5.73. The van der Waals surface area contributed by atoms with Gasteiger partial charge in [-0.05, 0) is 24.2 Å². The molecular formula is C10H18N2O. The molecule has 3 heteroatoms. The van der Waals surface area contributed by atoms with Gasteiger partial charge in [0.25, 0.3) is 0 Å². The largest absolute Gasteiger partial charge is 0.351 e. The van der Waals surface area contributed by atoms with E-state index in [9.17, 15) is 4.79 Å². The summed E-state index contributed by atoms with van der Waals surface area (Å²) in [5, 5.41) is 0. The lowest BCUT2D eigenvalue weighted by molar-refractivity contribution is 0.198. The normalized spacial score (nSPS) is 36.3. The number of primary amides is 1. The second kappa shape index (κ2) is 2.63. The number of urea groups is 1. The van der Waals surface area contributed by atoms with E-state index in [2.05, 4.69) is 13.8 Å². The smallest absolute Gasteiger partial charge is 0.315 e. The Morgan fingerprint density at radius 3 is 2.77 bits per heavy atom. The van der Waals surface area contributed by atoms with Crippen LogP contribution in [0.5, 0.6) is 0 Å². The number of nitrogens with two attached hydrogens (primary N) is 1. The van der Waals surface area contributed by atoms with E-state index in [0.717, 1.165) is 13.0 Å². The summed E-state index contributed by atoms with van der Waals surface area (Å²) >= 11 is 0. The lowest BCUT2D eigenvalue weighted by Gasteiger charge is -2.23. The lowest BCUT2D eigenvalue weighted by atomic mass is 9.80. The Balaban J connectivity index is 2.23. The number of rotatable bonds is 0. The van der Waals surface area contributed by atoms with E-state index in [-0.39, 0.29) is 11.4 Å². The van der Waals surface area contributed by atoms with E-state index in [1.807, 2.05) is 4.90 Å². The molecule has 2 rings (SSSR count). The van der Waals surface area contributed by atoms with Crippen LogP contribution in [-0.4, -0.2) is 23.5 Å². The number of fused-ring (bicyclic) bond motifs is 1. The SMILES string of the molecule is CC1(C)CN(C(N)=O)[C@@H]2CCC[C@@H]21. The van der Waals surface area contributed by atoms with Gasteiger partial charge in [0.05, 0.1) is 0 Å². The van der Waals surface area contributed by atoms with Gasteiger partial charge in [-0.1, -0.05) is 20.3 Å². The van der Waals surface area contributed by atoms with Crippen LogP contribution in [0.4, 0.5) is 4.79 Å². The summed E-state index contributed by atoms with van der Waals surface area (Å²) in [6.45, 7) is 5.34. The van der Waals surface area contributed by atoms with Crippen LogP contribution in [0.15, 0.2) is 0 Å². The van der Waals surface area contributed by atoms with Crippen LogP contribution in [0, 0.1) is 11.3 Å². The Bertz CT molecular complexity index is 237. The average Bonchev–Trinajstić information content (AvgIpc) is 2.53. The van der Waals surface area contributed by atoms with Gasteiger partial charge in [-0.25, -0.2) is 4.79 Å². The fourth-order valence-corrected chi connectivity index (χ4v) is 3.14. The number of likely N-dealkylation sites (tertiary alicyclic amines) is 1. The Labute approximate surface area is 79.3 Å². The summed E-state index contributed by atoms with van der Waals surface area (Å²) < 4.78 is 0. The highest BCUT2D eigenvalue weighted by Gasteiger charge is 2.49. The summed E-state index contributed by atoms with van der Waals surface area (Å²) in [4.78, 5) is 13.1. The monoisotopic (exact) mass is 182 g/mol. The molecule has 0 radical (unpaired) electrons. The van der Waals surface area contributed by atoms with E-state index >= 15 is 0 Å². The van der Waals surface area contributed by atoms with Crippen LogP contribution >= 0.6 is 0 Å². The molecule has 13 heavy (non-hydrogen) atoms. The molecule has 1 aliphatic carbocycles. The maximum atomic E-state index is 11.2. The molecule has 0 unspecified atom stereocenters. The molecule has 2 N–H and O–H groups in total. The minimum atomic E-state index is -0.234. The summed E-state index contributed by atoms with van der Waals surface area (Å²) in [6, 6.07) is 0.204. The van der Waals surface area contributed by atoms with E-state index in [1.54, 1.807) is 0 Å². The molecule has 0 aromatic heterocycles. The maximum absolute atomic E-state index is 11.2. The molecular weight excluding hydrogens is 164 g/mol. The van der Waals surface area contributed by atoms with Crippen LogP contribution in [0.25, 0.3) is 0 Å². The van der Waals surface area contributed by atoms with Gasteiger partial charge in [0.2, 0.25) is 0 Å². The second-order valence-electron chi connectivity index (χ2n) is 5.06. The van der Waals surface area contributed by atoms with Crippen molar-refractivity contribution in [2.45, 2.75) is 39.2 Å². The van der Waals surface area contributed by atoms with Gasteiger partial charge in [0.1, 0.15) is 0 Å². The van der Waals surface area contributed by atoms with Crippen LogP contribution < -0.4 is 5.73 Å². The molecule has 0 aromatic carbocycles. The fraction of sp³-hybridized carbons (Fsp3) is 0.900. The van der Waals surface area contributed by atoms with Crippen molar-refractivity contribution in [1.29, 1.82) is 0 Å². The first-order valence-electron chi connectivity index (χ1n) is 5.08. The molecule has 1 heterocycles. The number of carbonyl (C=O) groups excluding carboxylic acids is 1. The lowest BCUT2D eigenvalue weighted by Crippen LogP contribution is -2.39. The molecule has 2 aliphatic rings. The van der Waals surface area contributed by atoms with E-state index in [4.69, 9.17) is 5.73 Å². The second-order valence-corrected chi connectivity index (χ2v) is 5.06. The first kappa shape index (κ1) is 8.85. The number of carbonyl (C=O) groups is 1.